The highest BCUT2D eigenvalue weighted by molar-refractivity contribution is 6.43. The van der Waals surface area contributed by atoms with E-state index in [-0.39, 0.29) is 18.4 Å². The van der Waals surface area contributed by atoms with Gasteiger partial charge in [-0.1, -0.05) is 20.8 Å². The third-order valence-electron chi connectivity index (χ3n) is 3.05. The Kier molecular flexibility index (Phi) is 4.75. The minimum atomic E-state index is -1.52. The van der Waals surface area contributed by atoms with Crippen LogP contribution in [0.4, 0.5) is 0 Å². The Bertz CT molecular complexity index is 327. The third-order valence-corrected chi connectivity index (χ3v) is 3.05. The van der Waals surface area contributed by atoms with Crippen molar-refractivity contribution in [3.05, 3.63) is 0 Å². The van der Waals surface area contributed by atoms with Crippen molar-refractivity contribution in [2.75, 3.05) is 13.1 Å². The van der Waals surface area contributed by atoms with Gasteiger partial charge in [0.15, 0.2) is 0 Å². The van der Waals surface area contributed by atoms with Gasteiger partial charge >= 0.3 is 7.12 Å². The van der Waals surface area contributed by atoms with Crippen LogP contribution in [-0.4, -0.2) is 52.9 Å². The molecule has 0 saturated carbocycles. The highest BCUT2D eigenvalue weighted by atomic mass is 16.4. The fraction of sp³-hybridized carbons (Fsp3) is 0.818. The van der Waals surface area contributed by atoms with Gasteiger partial charge in [-0.2, -0.15) is 0 Å². The molecule has 1 aliphatic rings. The zero-order valence-corrected chi connectivity index (χ0v) is 11.1. The van der Waals surface area contributed by atoms with E-state index in [0.717, 1.165) is 6.42 Å². The number of nitrogens with one attached hydrogen (secondary N) is 1. The smallest absolute Gasteiger partial charge is 0.426 e. The first-order chi connectivity index (χ1) is 8.23. The van der Waals surface area contributed by atoms with Crippen LogP contribution in [0.2, 0.25) is 0 Å². The lowest BCUT2D eigenvalue weighted by Crippen LogP contribution is -2.49. The summed E-state index contributed by atoms with van der Waals surface area (Å²) < 4.78 is 0. The summed E-state index contributed by atoms with van der Waals surface area (Å²) in [6.45, 7) is 5.71. The molecular formula is C11H21BN2O4. The Balaban J connectivity index is 2.49. The molecule has 1 rings (SSSR count). The lowest BCUT2D eigenvalue weighted by molar-refractivity contribution is -0.135. The van der Waals surface area contributed by atoms with Crippen LogP contribution < -0.4 is 5.32 Å². The molecule has 7 heteroatoms. The predicted octanol–water partition coefficient (Wildman–Crippen LogP) is -0.848. The minimum Gasteiger partial charge on any atom is -0.426 e. The number of carbonyl (C=O) groups is 2. The molecule has 102 valence electrons. The van der Waals surface area contributed by atoms with E-state index in [9.17, 15) is 9.59 Å². The molecule has 0 aliphatic carbocycles. The van der Waals surface area contributed by atoms with Crippen molar-refractivity contribution in [3.63, 3.8) is 0 Å². The highest BCUT2D eigenvalue weighted by Gasteiger charge is 2.36. The topological polar surface area (TPSA) is 89.9 Å². The Morgan fingerprint density at radius 2 is 2.00 bits per heavy atom. The largest absolute Gasteiger partial charge is 0.475 e. The standard InChI is InChI=1S/C11H21BN2O4/c1-11(2,3)10(16)13-7-9(15)14-6-4-5-8(14)12(17)18/h8,17-18H,4-7H2,1-3H3,(H,13,16). The molecule has 1 fully saturated rings. The summed E-state index contributed by atoms with van der Waals surface area (Å²) in [5.74, 6) is -1.02. The van der Waals surface area contributed by atoms with Crippen LogP contribution in [0.3, 0.4) is 0 Å². The first-order valence-corrected chi connectivity index (χ1v) is 6.17. The molecular weight excluding hydrogens is 235 g/mol. The SMILES string of the molecule is CC(C)(C)C(=O)NCC(=O)N1CCCC1B(O)O. The van der Waals surface area contributed by atoms with Crippen molar-refractivity contribution in [1.82, 2.24) is 10.2 Å². The molecule has 1 aliphatic heterocycles. The van der Waals surface area contributed by atoms with Crippen LogP contribution >= 0.6 is 0 Å². The Hall–Kier alpha value is -1.08. The number of nitrogens with zero attached hydrogens (tertiary/aromatic N) is 1. The molecule has 0 spiro atoms. The second kappa shape index (κ2) is 5.71. The number of hydrogen-bond acceptors (Lipinski definition) is 4. The number of likely N-dealkylation sites (tertiary alicyclic amines) is 1. The van der Waals surface area contributed by atoms with Gasteiger partial charge in [0.25, 0.3) is 0 Å². The lowest BCUT2D eigenvalue weighted by Gasteiger charge is -2.25. The van der Waals surface area contributed by atoms with E-state index in [2.05, 4.69) is 5.32 Å². The van der Waals surface area contributed by atoms with Crippen molar-refractivity contribution < 1.29 is 19.6 Å². The van der Waals surface area contributed by atoms with E-state index < -0.39 is 18.5 Å². The van der Waals surface area contributed by atoms with Crippen molar-refractivity contribution in [1.29, 1.82) is 0 Å². The first-order valence-electron chi connectivity index (χ1n) is 6.17. The average Bonchev–Trinajstić information content (AvgIpc) is 2.72. The van der Waals surface area contributed by atoms with Gasteiger partial charge in [-0.05, 0) is 12.8 Å². The molecule has 18 heavy (non-hydrogen) atoms. The van der Waals surface area contributed by atoms with Crippen LogP contribution in [0.1, 0.15) is 33.6 Å². The minimum absolute atomic E-state index is 0.0979. The van der Waals surface area contributed by atoms with Gasteiger partial charge in [-0.3, -0.25) is 9.59 Å². The molecule has 1 unspecified atom stereocenters. The number of hydrogen-bond donors (Lipinski definition) is 3. The molecule has 2 amide bonds. The maximum atomic E-state index is 11.9. The summed E-state index contributed by atoms with van der Waals surface area (Å²) in [5, 5.41) is 20.9. The van der Waals surface area contributed by atoms with E-state index in [0.29, 0.717) is 13.0 Å². The summed E-state index contributed by atoms with van der Waals surface area (Å²) in [6, 6.07) is 0. The number of amides is 2. The van der Waals surface area contributed by atoms with E-state index in [1.54, 1.807) is 20.8 Å². The van der Waals surface area contributed by atoms with Gasteiger partial charge < -0.3 is 20.3 Å². The molecule has 1 heterocycles. The molecule has 0 aromatic heterocycles. The molecule has 1 saturated heterocycles. The molecule has 1 atom stereocenters. The van der Waals surface area contributed by atoms with Crippen LogP contribution in [0.15, 0.2) is 0 Å². The van der Waals surface area contributed by atoms with E-state index in [4.69, 9.17) is 10.0 Å². The van der Waals surface area contributed by atoms with Gasteiger partial charge in [-0.25, -0.2) is 0 Å². The zero-order chi connectivity index (χ0) is 13.9. The van der Waals surface area contributed by atoms with Gasteiger partial charge in [0.05, 0.1) is 12.5 Å². The van der Waals surface area contributed by atoms with Gasteiger partial charge in [0, 0.05) is 12.0 Å². The second-order valence-electron chi connectivity index (χ2n) is 5.64. The Morgan fingerprint density at radius 1 is 1.39 bits per heavy atom. The van der Waals surface area contributed by atoms with Crippen molar-refractivity contribution >= 4 is 18.9 Å². The molecule has 0 bridgehead atoms. The lowest BCUT2D eigenvalue weighted by atomic mass is 9.78. The Morgan fingerprint density at radius 3 is 2.50 bits per heavy atom. The second-order valence-corrected chi connectivity index (χ2v) is 5.64. The fourth-order valence-electron chi connectivity index (χ4n) is 1.93. The monoisotopic (exact) mass is 256 g/mol. The first kappa shape index (κ1) is 15.0. The number of carbonyl (C=O) groups excluding carboxylic acids is 2. The summed E-state index contributed by atoms with van der Waals surface area (Å²) in [5.41, 5.74) is -0.540. The van der Waals surface area contributed by atoms with Crippen molar-refractivity contribution in [3.8, 4) is 0 Å². The maximum absolute atomic E-state index is 11.9. The van der Waals surface area contributed by atoms with Crippen LogP contribution in [0.5, 0.6) is 0 Å². The van der Waals surface area contributed by atoms with Crippen LogP contribution in [0, 0.1) is 5.41 Å². The van der Waals surface area contributed by atoms with E-state index in [1.807, 2.05) is 0 Å². The number of rotatable bonds is 3. The van der Waals surface area contributed by atoms with Gasteiger partial charge in [0.2, 0.25) is 11.8 Å². The highest BCUT2D eigenvalue weighted by Crippen LogP contribution is 2.18. The average molecular weight is 256 g/mol. The van der Waals surface area contributed by atoms with Gasteiger partial charge in [-0.15, -0.1) is 0 Å². The van der Waals surface area contributed by atoms with Crippen molar-refractivity contribution in [2.45, 2.75) is 39.6 Å². The van der Waals surface area contributed by atoms with Crippen molar-refractivity contribution in [2.24, 2.45) is 5.41 Å². The maximum Gasteiger partial charge on any atom is 0.475 e. The normalized spacial score (nSPS) is 19.8. The van der Waals surface area contributed by atoms with Gasteiger partial charge in [0.1, 0.15) is 0 Å². The molecule has 3 N–H and O–H groups in total. The van der Waals surface area contributed by atoms with E-state index in [1.165, 1.54) is 4.90 Å². The Labute approximate surface area is 107 Å². The molecule has 0 radical (unpaired) electrons. The quantitative estimate of drug-likeness (QED) is 0.574. The molecule has 0 aromatic rings. The van der Waals surface area contributed by atoms with Crippen LogP contribution in [0.25, 0.3) is 0 Å². The predicted molar refractivity (Wildman–Crippen MR) is 67.4 cm³/mol. The fourth-order valence-corrected chi connectivity index (χ4v) is 1.93. The summed E-state index contributed by atoms with van der Waals surface area (Å²) in [4.78, 5) is 24.9. The molecule has 6 nitrogen and oxygen atoms in total. The van der Waals surface area contributed by atoms with Crippen LogP contribution in [-0.2, 0) is 9.59 Å². The summed E-state index contributed by atoms with van der Waals surface area (Å²) >= 11 is 0. The molecule has 0 aromatic carbocycles. The zero-order valence-electron chi connectivity index (χ0n) is 11.1. The third kappa shape index (κ3) is 3.71. The van der Waals surface area contributed by atoms with E-state index >= 15 is 0 Å². The summed E-state index contributed by atoms with van der Waals surface area (Å²) in [7, 11) is -1.52. The summed E-state index contributed by atoms with van der Waals surface area (Å²) in [6.07, 6.45) is 1.33.